The number of ether oxygens (including phenoxy) is 1. The highest BCUT2D eigenvalue weighted by Crippen LogP contribution is 2.30. The molecule has 1 aliphatic heterocycles. The molecule has 0 spiro atoms. The van der Waals surface area contributed by atoms with Gasteiger partial charge in [0.2, 0.25) is 0 Å². The number of hydrogen-bond acceptors (Lipinski definition) is 3. The van der Waals surface area contributed by atoms with Crippen LogP contribution in [0.3, 0.4) is 0 Å². The molecular weight excluding hydrogens is 245 g/mol. The lowest BCUT2D eigenvalue weighted by molar-refractivity contribution is -0.141. The second-order valence-corrected chi connectivity index (χ2v) is 4.30. The van der Waals surface area contributed by atoms with E-state index in [-0.39, 0.29) is 11.9 Å². The highest BCUT2D eigenvalue weighted by molar-refractivity contribution is 5.24. The van der Waals surface area contributed by atoms with Gasteiger partial charge in [0.1, 0.15) is 11.4 Å². The zero-order valence-electron chi connectivity index (χ0n) is 9.83. The third-order valence-electron chi connectivity index (χ3n) is 2.85. The molecule has 0 saturated carbocycles. The molecule has 2 heterocycles. The van der Waals surface area contributed by atoms with Crippen molar-refractivity contribution in [1.29, 1.82) is 0 Å². The number of hydrogen-bond donors (Lipinski definition) is 1. The molecule has 0 radical (unpaired) electrons. The average molecular weight is 260 g/mol. The number of aromatic nitrogens is 1. The van der Waals surface area contributed by atoms with Gasteiger partial charge < -0.3 is 10.1 Å². The fourth-order valence-electron chi connectivity index (χ4n) is 1.94. The lowest BCUT2D eigenvalue weighted by Crippen LogP contribution is -2.19. The molecule has 0 aromatic carbocycles. The van der Waals surface area contributed by atoms with E-state index in [2.05, 4.69) is 10.3 Å². The van der Waals surface area contributed by atoms with E-state index in [9.17, 15) is 13.2 Å². The van der Waals surface area contributed by atoms with Gasteiger partial charge in [-0.3, -0.25) is 4.98 Å². The molecule has 1 aliphatic rings. The van der Waals surface area contributed by atoms with Crippen LogP contribution in [0.25, 0.3) is 0 Å². The summed E-state index contributed by atoms with van der Waals surface area (Å²) in [6, 6.07) is 2.42. The minimum Gasteiger partial charge on any atom is -0.490 e. The van der Waals surface area contributed by atoms with Crippen LogP contribution in [0.1, 0.15) is 25.0 Å². The molecular formula is C12H15F3N2O. The van der Waals surface area contributed by atoms with E-state index in [4.69, 9.17) is 4.74 Å². The quantitative estimate of drug-likeness (QED) is 0.887. The van der Waals surface area contributed by atoms with Crippen molar-refractivity contribution >= 4 is 0 Å². The second-order valence-electron chi connectivity index (χ2n) is 4.30. The highest BCUT2D eigenvalue weighted by Gasteiger charge is 2.32. The summed E-state index contributed by atoms with van der Waals surface area (Å²) in [6.07, 6.45) is -0.678. The first-order valence-electron chi connectivity index (χ1n) is 5.96. The van der Waals surface area contributed by atoms with Gasteiger partial charge in [-0.1, -0.05) is 0 Å². The zero-order chi connectivity index (χ0) is 13.0. The van der Waals surface area contributed by atoms with Crippen molar-refractivity contribution in [2.24, 2.45) is 0 Å². The van der Waals surface area contributed by atoms with Gasteiger partial charge in [-0.2, -0.15) is 13.2 Å². The lowest BCUT2D eigenvalue weighted by atomic mass is 10.1. The smallest absolute Gasteiger partial charge is 0.433 e. The van der Waals surface area contributed by atoms with Crippen molar-refractivity contribution in [1.82, 2.24) is 10.3 Å². The number of pyridine rings is 1. The molecule has 18 heavy (non-hydrogen) atoms. The summed E-state index contributed by atoms with van der Waals surface area (Å²) >= 11 is 0. The summed E-state index contributed by atoms with van der Waals surface area (Å²) in [7, 11) is 0. The fraction of sp³-hybridized carbons (Fsp3) is 0.583. The van der Waals surface area contributed by atoms with E-state index in [1.54, 1.807) is 0 Å². The third-order valence-corrected chi connectivity index (χ3v) is 2.85. The van der Waals surface area contributed by atoms with Gasteiger partial charge in [0.25, 0.3) is 0 Å². The minimum atomic E-state index is -4.43. The van der Waals surface area contributed by atoms with Crippen molar-refractivity contribution < 1.29 is 17.9 Å². The molecule has 0 bridgehead atoms. The highest BCUT2D eigenvalue weighted by atomic mass is 19.4. The van der Waals surface area contributed by atoms with Crippen LogP contribution in [0.2, 0.25) is 0 Å². The maximum Gasteiger partial charge on any atom is 0.433 e. The van der Waals surface area contributed by atoms with Crippen LogP contribution < -0.4 is 10.1 Å². The number of nitrogens with one attached hydrogen (secondary N) is 1. The Balaban J connectivity index is 2.04. The molecule has 0 amide bonds. The van der Waals surface area contributed by atoms with Crippen molar-refractivity contribution in [3.05, 3.63) is 24.0 Å². The number of nitrogens with zero attached hydrogens (tertiary/aromatic N) is 1. The van der Waals surface area contributed by atoms with Crippen LogP contribution in [-0.4, -0.2) is 24.2 Å². The molecule has 1 N–H and O–H groups in total. The fourth-order valence-corrected chi connectivity index (χ4v) is 1.94. The molecule has 100 valence electrons. The molecule has 1 fully saturated rings. The van der Waals surface area contributed by atoms with Crippen LogP contribution in [0.5, 0.6) is 5.75 Å². The van der Waals surface area contributed by atoms with Crippen LogP contribution in [-0.2, 0) is 6.18 Å². The van der Waals surface area contributed by atoms with Gasteiger partial charge in [0, 0.05) is 12.3 Å². The van der Waals surface area contributed by atoms with E-state index in [0.717, 1.165) is 44.6 Å². The Bertz CT molecular complexity index is 387. The van der Waals surface area contributed by atoms with Gasteiger partial charge in [-0.25, -0.2) is 0 Å². The summed E-state index contributed by atoms with van der Waals surface area (Å²) in [5.74, 6) is 0.240. The largest absolute Gasteiger partial charge is 0.490 e. The molecule has 2 rings (SSSR count). The van der Waals surface area contributed by atoms with Crippen molar-refractivity contribution in [3.63, 3.8) is 0 Å². The van der Waals surface area contributed by atoms with Gasteiger partial charge >= 0.3 is 6.18 Å². The Morgan fingerprint density at radius 1 is 1.28 bits per heavy atom. The van der Waals surface area contributed by atoms with Crippen molar-refractivity contribution in [2.75, 3.05) is 13.1 Å². The summed E-state index contributed by atoms with van der Waals surface area (Å²) in [4.78, 5) is 3.30. The Labute approximate surface area is 103 Å². The monoisotopic (exact) mass is 260 g/mol. The van der Waals surface area contributed by atoms with Crippen LogP contribution in [0, 0.1) is 0 Å². The van der Waals surface area contributed by atoms with E-state index in [1.807, 2.05) is 0 Å². The zero-order valence-corrected chi connectivity index (χ0v) is 9.83. The molecule has 6 heteroatoms. The van der Waals surface area contributed by atoms with E-state index in [1.165, 1.54) is 6.07 Å². The normalized spacial score (nSPS) is 21.4. The van der Waals surface area contributed by atoms with Gasteiger partial charge in [0.05, 0.1) is 6.10 Å². The molecule has 3 nitrogen and oxygen atoms in total. The average Bonchev–Trinajstić information content (AvgIpc) is 2.57. The van der Waals surface area contributed by atoms with Crippen molar-refractivity contribution in [2.45, 2.75) is 31.5 Å². The molecule has 1 aromatic heterocycles. The standard InChI is InChI=1S/C12H15F3N2O/c13-12(14,15)11-8-10(4-7-17-11)18-9-2-1-5-16-6-3-9/h4,7-9,16H,1-3,5-6H2. The maximum absolute atomic E-state index is 12.5. The molecule has 1 unspecified atom stereocenters. The van der Waals surface area contributed by atoms with Gasteiger partial charge in [-0.15, -0.1) is 0 Å². The summed E-state index contributed by atoms with van der Waals surface area (Å²) < 4.78 is 43.0. The maximum atomic E-state index is 12.5. The first kappa shape index (κ1) is 13.1. The number of rotatable bonds is 2. The first-order chi connectivity index (χ1) is 8.55. The Morgan fingerprint density at radius 2 is 2.11 bits per heavy atom. The second kappa shape index (κ2) is 5.56. The number of halogens is 3. The topological polar surface area (TPSA) is 34.1 Å². The van der Waals surface area contributed by atoms with Crippen LogP contribution in [0.4, 0.5) is 13.2 Å². The summed E-state index contributed by atoms with van der Waals surface area (Å²) in [5, 5.41) is 3.23. The summed E-state index contributed by atoms with van der Waals surface area (Å²) in [5.41, 5.74) is -0.910. The molecule has 1 saturated heterocycles. The lowest BCUT2D eigenvalue weighted by Gasteiger charge is -2.17. The molecule has 1 aromatic rings. The molecule has 1 atom stereocenters. The van der Waals surface area contributed by atoms with Gasteiger partial charge in [0.15, 0.2) is 0 Å². The minimum absolute atomic E-state index is 0.0246. The Kier molecular flexibility index (Phi) is 4.06. The van der Waals surface area contributed by atoms with E-state index < -0.39 is 11.9 Å². The predicted molar refractivity (Wildman–Crippen MR) is 60.4 cm³/mol. The van der Waals surface area contributed by atoms with E-state index in [0.29, 0.717) is 0 Å². The number of alkyl halides is 3. The SMILES string of the molecule is FC(F)(F)c1cc(OC2CCCNCC2)ccn1. The van der Waals surface area contributed by atoms with Crippen LogP contribution >= 0.6 is 0 Å². The third kappa shape index (κ3) is 3.60. The van der Waals surface area contributed by atoms with E-state index >= 15 is 0 Å². The van der Waals surface area contributed by atoms with Crippen molar-refractivity contribution in [3.8, 4) is 5.75 Å². The molecule has 0 aliphatic carbocycles. The van der Waals surface area contributed by atoms with Crippen LogP contribution in [0.15, 0.2) is 18.3 Å². The van der Waals surface area contributed by atoms with Gasteiger partial charge in [-0.05, 0) is 38.4 Å². The Morgan fingerprint density at radius 3 is 2.89 bits per heavy atom. The predicted octanol–water partition coefficient (Wildman–Crippen LogP) is 2.62. The summed E-state index contributed by atoms with van der Waals surface area (Å²) in [6.45, 7) is 1.77. The first-order valence-corrected chi connectivity index (χ1v) is 5.96. The Hall–Kier alpha value is -1.30.